The molecule has 4 aromatic rings. The Morgan fingerprint density at radius 1 is 1.08 bits per heavy atom. The summed E-state index contributed by atoms with van der Waals surface area (Å²) >= 11 is 0. The lowest BCUT2D eigenvalue weighted by molar-refractivity contribution is 0.512. The van der Waals surface area contributed by atoms with Crippen molar-refractivity contribution in [1.29, 1.82) is 5.26 Å². The molecule has 3 heterocycles. The number of hydrogen-bond acceptors (Lipinski definition) is 5. The normalized spacial score (nSPS) is 10.7. The molecule has 0 spiro atoms. The highest BCUT2D eigenvalue weighted by atomic mass is 16.1. The predicted octanol–water partition coefficient (Wildman–Crippen LogP) is 2.23. The maximum Gasteiger partial charge on any atom is 0.258 e. The van der Waals surface area contributed by atoms with Crippen LogP contribution in [0.1, 0.15) is 5.69 Å². The number of hydrogen-bond donors (Lipinski definition) is 0. The lowest BCUT2D eigenvalue weighted by Crippen LogP contribution is -2.22. The molecule has 0 aliphatic carbocycles. The summed E-state index contributed by atoms with van der Waals surface area (Å²) < 4.78 is 3.36. The number of fused-ring (bicyclic) bond motifs is 1. The Hall–Kier alpha value is -3.79. The number of aryl methyl sites for hydroxylation is 2. The Kier molecular flexibility index (Phi) is 4.00. The predicted molar refractivity (Wildman–Crippen MR) is 96.2 cm³/mol. The molecule has 0 N–H and O–H groups in total. The summed E-state index contributed by atoms with van der Waals surface area (Å²) in [5.41, 5.74) is 1.81. The van der Waals surface area contributed by atoms with Gasteiger partial charge in [-0.1, -0.05) is 23.4 Å². The zero-order chi connectivity index (χ0) is 17.9. The van der Waals surface area contributed by atoms with E-state index in [0.717, 1.165) is 10.9 Å². The van der Waals surface area contributed by atoms with Gasteiger partial charge in [-0.3, -0.25) is 9.48 Å². The lowest BCUT2D eigenvalue weighted by atomic mass is 10.2. The standard InChI is InChI=1S/C19H14N6O/c20-11-16-6-5-15(12-21-16)18-13-25(23-22-18)10-9-24-8-7-14-3-1-2-4-17(14)19(24)26/h1-8,12-13H,9-10H2. The number of pyridine rings is 2. The molecule has 0 aliphatic rings. The molecule has 0 amide bonds. The molecule has 26 heavy (non-hydrogen) atoms. The van der Waals surface area contributed by atoms with Crippen molar-refractivity contribution >= 4 is 10.8 Å². The fraction of sp³-hybridized carbons (Fsp3) is 0.105. The Balaban J connectivity index is 1.52. The van der Waals surface area contributed by atoms with E-state index < -0.39 is 0 Å². The molecule has 0 saturated carbocycles. The summed E-state index contributed by atoms with van der Waals surface area (Å²) in [6.07, 6.45) is 5.20. The van der Waals surface area contributed by atoms with Crippen molar-refractivity contribution in [3.63, 3.8) is 0 Å². The summed E-state index contributed by atoms with van der Waals surface area (Å²) in [6, 6.07) is 14.9. The Bertz CT molecular complexity index is 1170. The van der Waals surface area contributed by atoms with Gasteiger partial charge in [0.25, 0.3) is 5.56 Å². The van der Waals surface area contributed by atoms with Crippen molar-refractivity contribution in [2.45, 2.75) is 13.1 Å². The molecule has 0 radical (unpaired) electrons. The Labute approximate surface area is 148 Å². The van der Waals surface area contributed by atoms with E-state index in [9.17, 15) is 4.79 Å². The van der Waals surface area contributed by atoms with Crippen molar-refractivity contribution in [3.05, 3.63) is 77.1 Å². The smallest absolute Gasteiger partial charge is 0.258 e. The van der Waals surface area contributed by atoms with Crippen molar-refractivity contribution in [1.82, 2.24) is 24.5 Å². The minimum absolute atomic E-state index is 0.0141. The first kappa shape index (κ1) is 15.7. The van der Waals surface area contributed by atoms with Gasteiger partial charge in [0.2, 0.25) is 0 Å². The second-order valence-corrected chi connectivity index (χ2v) is 5.81. The molecule has 0 aliphatic heterocycles. The second-order valence-electron chi connectivity index (χ2n) is 5.81. The average molecular weight is 342 g/mol. The van der Waals surface area contributed by atoms with Gasteiger partial charge in [0.1, 0.15) is 17.5 Å². The molecule has 0 fully saturated rings. The van der Waals surface area contributed by atoms with E-state index in [1.807, 2.05) is 36.4 Å². The van der Waals surface area contributed by atoms with E-state index in [2.05, 4.69) is 15.3 Å². The monoisotopic (exact) mass is 342 g/mol. The average Bonchev–Trinajstić information content (AvgIpc) is 3.17. The first-order valence-electron chi connectivity index (χ1n) is 8.09. The van der Waals surface area contributed by atoms with Gasteiger partial charge >= 0.3 is 0 Å². The van der Waals surface area contributed by atoms with Crippen LogP contribution in [0, 0.1) is 11.3 Å². The molecule has 0 atom stereocenters. The number of rotatable bonds is 4. The number of benzene rings is 1. The van der Waals surface area contributed by atoms with Crippen molar-refractivity contribution in [3.8, 4) is 17.3 Å². The SMILES string of the molecule is N#Cc1ccc(-c2cn(CCn3ccc4ccccc4c3=O)nn2)cn1. The van der Waals surface area contributed by atoms with Crippen LogP contribution >= 0.6 is 0 Å². The maximum atomic E-state index is 12.5. The zero-order valence-corrected chi connectivity index (χ0v) is 13.8. The zero-order valence-electron chi connectivity index (χ0n) is 13.8. The van der Waals surface area contributed by atoms with Gasteiger partial charge in [0.05, 0.1) is 12.7 Å². The van der Waals surface area contributed by atoms with Gasteiger partial charge in [-0.25, -0.2) is 4.98 Å². The van der Waals surface area contributed by atoms with Gasteiger partial charge < -0.3 is 4.57 Å². The van der Waals surface area contributed by atoms with Crippen molar-refractivity contribution in [2.24, 2.45) is 0 Å². The topological polar surface area (TPSA) is 89.4 Å². The first-order chi connectivity index (χ1) is 12.7. The van der Waals surface area contributed by atoms with Crippen LogP contribution < -0.4 is 5.56 Å². The molecule has 7 nitrogen and oxygen atoms in total. The van der Waals surface area contributed by atoms with Crippen molar-refractivity contribution in [2.75, 3.05) is 0 Å². The van der Waals surface area contributed by atoms with Gasteiger partial charge in [0.15, 0.2) is 0 Å². The Morgan fingerprint density at radius 2 is 1.96 bits per heavy atom. The van der Waals surface area contributed by atoms with Crippen LogP contribution in [0.15, 0.2) is 65.8 Å². The first-order valence-corrected chi connectivity index (χ1v) is 8.09. The molecule has 126 valence electrons. The molecule has 1 aromatic carbocycles. The van der Waals surface area contributed by atoms with Gasteiger partial charge in [0, 0.05) is 29.9 Å². The number of aromatic nitrogens is 5. The van der Waals surface area contributed by atoms with Crippen LogP contribution in [0.5, 0.6) is 0 Å². The van der Waals surface area contributed by atoms with E-state index in [-0.39, 0.29) is 5.56 Å². The minimum atomic E-state index is -0.0141. The van der Waals surface area contributed by atoms with Crippen LogP contribution in [0.4, 0.5) is 0 Å². The molecular weight excluding hydrogens is 328 g/mol. The van der Waals surface area contributed by atoms with Gasteiger partial charge in [-0.2, -0.15) is 5.26 Å². The van der Waals surface area contributed by atoms with E-state index >= 15 is 0 Å². The maximum absolute atomic E-state index is 12.5. The molecule has 7 heteroatoms. The third-order valence-corrected chi connectivity index (χ3v) is 4.17. The quantitative estimate of drug-likeness (QED) is 0.567. The Morgan fingerprint density at radius 3 is 2.77 bits per heavy atom. The fourth-order valence-electron chi connectivity index (χ4n) is 2.77. The van der Waals surface area contributed by atoms with Crippen LogP contribution in [0.2, 0.25) is 0 Å². The summed E-state index contributed by atoms with van der Waals surface area (Å²) in [6.45, 7) is 1.02. The summed E-state index contributed by atoms with van der Waals surface area (Å²) in [5, 5.41) is 18.7. The van der Waals surface area contributed by atoms with Gasteiger partial charge in [-0.05, 0) is 29.7 Å². The van der Waals surface area contributed by atoms with Gasteiger partial charge in [-0.15, -0.1) is 5.10 Å². The van der Waals surface area contributed by atoms with Crippen molar-refractivity contribution < 1.29 is 0 Å². The summed E-state index contributed by atoms with van der Waals surface area (Å²) in [4.78, 5) is 16.6. The number of nitrogens with zero attached hydrogens (tertiary/aromatic N) is 6. The largest absolute Gasteiger partial charge is 0.313 e. The highest BCUT2D eigenvalue weighted by Crippen LogP contribution is 2.15. The molecule has 0 bridgehead atoms. The van der Waals surface area contributed by atoms with E-state index in [1.54, 1.807) is 40.0 Å². The lowest BCUT2D eigenvalue weighted by Gasteiger charge is -2.06. The third-order valence-electron chi connectivity index (χ3n) is 4.17. The highest BCUT2D eigenvalue weighted by Gasteiger charge is 2.06. The van der Waals surface area contributed by atoms with Crippen LogP contribution in [0.25, 0.3) is 22.0 Å². The van der Waals surface area contributed by atoms with E-state index in [0.29, 0.717) is 29.9 Å². The molecule has 4 rings (SSSR count). The third kappa shape index (κ3) is 2.96. The van der Waals surface area contributed by atoms with Crippen LogP contribution in [-0.4, -0.2) is 24.5 Å². The molecule has 3 aromatic heterocycles. The highest BCUT2D eigenvalue weighted by molar-refractivity contribution is 5.81. The molecule has 0 unspecified atom stereocenters. The molecule has 0 saturated heterocycles. The summed E-state index contributed by atoms with van der Waals surface area (Å²) in [5.74, 6) is 0. The van der Waals surface area contributed by atoms with E-state index in [1.165, 1.54) is 0 Å². The fourth-order valence-corrected chi connectivity index (χ4v) is 2.77. The minimum Gasteiger partial charge on any atom is -0.313 e. The second kappa shape index (κ2) is 6.61. The van der Waals surface area contributed by atoms with E-state index in [4.69, 9.17) is 5.26 Å². The van der Waals surface area contributed by atoms with Crippen LogP contribution in [0.3, 0.4) is 0 Å². The number of nitriles is 1. The van der Waals surface area contributed by atoms with Crippen LogP contribution in [-0.2, 0) is 13.1 Å². The molecular formula is C19H14N6O. The summed E-state index contributed by atoms with van der Waals surface area (Å²) in [7, 11) is 0.